The summed E-state index contributed by atoms with van der Waals surface area (Å²) in [7, 11) is 5.99. The van der Waals surface area contributed by atoms with E-state index in [1.54, 1.807) is 28.9 Å². The van der Waals surface area contributed by atoms with Crippen LogP contribution < -0.4 is 20.7 Å². The van der Waals surface area contributed by atoms with Crippen LogP contribution in [0.1, 0.15) is 69.4 Å². The predicted molar refractivity (Wildman–Crippen MR) is 180 cm³/mol. The minimum atomic E-state index is -0.501. The molecule has 1 aliphatic carbocycles. The number of hydrogen-bond donors (Lipinski definition) is 3. The lowest BCUT2D eigenvalue weighted by Gasteiger charge is -2.28. The largest absolute Gasteiger partial charge is 0.460 e. The van der Waals surface area contributed by atoms with Gasteiger partial charge in [0.05, 0.1) is 11.9 Å². The highest BCUT2D eigenvalue weighted by atomic mass is 19.1. The lowest BCUT2D eigenvalue weighted by Crippen LogP contribution is -2.39. The summed E-state index contributed by atoms with van der Waals surface area (Å²) in [5.41, 5.74) is 2.57. The molecular weight excluding hydrogens is 601 g/mol. The van der Waals surface area contributed by atoms with Crippen LogP contribution in [0.25, 0.3) is 5.65 Å². The summed E-state index contributed by atoms with van der Waals surface area (Å²) in [6.07, 6.45) is 9.66. The Morgan fingerprint density at radius 1 is 1.11 bits per heavy atom. The number of benzene rings is 1. The molecule has 2 fully saturated rings. The zero-order valence-corrected chi connectivity index (χ0v) is 28.1. The number of likely N-dealkylation sites (tertiary alicyclic amines) is 1. The fourth-order valence-electron chi connectivity index (χ4n) is 6.02. The van der Waals surface area contributed by atoms with Gasteiger partial charge in [-0.1, -0.05) is 26.0 Å². The van der Waals surface area contributed by atoms with E-state index in [1.807, 2.05) is 25.1 Å². The molecule has 12 nitrogen and oxygen atoms in total. The fraction of sp³-hybridized carbons (Fsp3) is 0.559. The third kappa shape index (κ3) is 9.25. The van der Waals surface area contributed by atoms with Gasteiger partial charge in [0.15, 0.2) is 5.65 Å². The van der Waals surface area contributed by atoms with E-state index in [0.29, 0.717) is 56.4 Å². The molecule has 3 aromatic rings. The number of carbonyl (C=O) groups excluding carboxylic acids is 2. The number of nitrogens with one attached hydrogen (secondary N) is 3. The molecule has 1 aliphatic heterocycles. The molecule has 2 aromatic heterocycles. The van der Waals surface area contributed by atoms with Crippen LogP contribution in [0.3, 0.4) is 0 Å². The van der Waals surface area contributed by atoms with Crippen LogP contribution in [0.15, 0.2) is 36.5 Å². The van der Waals surface area contributed by atoms with Gasteiger partial charge >= 0.3 is 6.01 Å². The smallest absolute Gasteiger partial charge is 0.322 e. The number of hydrogen-bond acceptors (Lipinski definition) is 9. The molecule has 1 saturated heterocycles. The normalized spacial score (nSPS) is 19.5. The number of likely N-dealkylation sites (N-methyl/N-ethyl adjacent to an activating group) is 1. The van der Waals surface area contributed by atoms with Crippen molar-refractivity contribution in [1.29, 1.82) is 0 Å². The van der Waals surface area contributed by atoms with E-state index < -0.39 is 5.82 Å². The Balaban J connectivity index is 1.20. The maximum absolute atomic E-state index is 14.9. The Kier molecular flexibility index (Phi) is 11.4. The number of fused-ring (bicyclic) bond motifs is 1. The number of carbonyl (C=O) groups is 2. The monoisotopic (exact) mass is 649 g/mol. The standard InChI is InChI=1S/C34H48FN9O3/c1-22(2)27-21-37-44-31(27)40-34(47-26-14-17-43(5)18-15-26)41-33(44)36-20-23-8-13-28(35)29(19-23)39-32(46)24-9-11-25(12-10-24)38-30(45)7-6-16-42(3)4/h6-8,13,19,21-22,24-26H,9-12,14-18,20H2,1-5H3,(H,38,45)(H,39,46)(H,36,40,41)/b7-6+. The van der Waals surface area contributed by atoms with Gasteiger partial charge in [0.2, 0.25) is 17.8 Å². The van der Waals surface area contributed by atoms with Gasteiger partial charge in [-0.05, 0) is 83.3 Å². The minimum absolute atomic E-state index is 0.0247. The molecule has 2 aliphatic rings. The summed E-state index contributed by atoms with van der Waals surface area (Å²) >= 11 is 0. The molecule has 0 spiro atoms. The quantitative estimate of drug-likeness (QED) is 0.247. The van der Waals surface area contributed by atoms with Crippen LogP contribution >= 0.6 is 0 Å². The van der Waals surface area contributed by atoms with Crippen LogP contribution in [0.5, 0.6) is 6.01 Å². The molecule has 0 atom stereocenters. The van der Waals surface area contributed by atoms with Gasteiger partial charge < -0.3 is 30.5 Å². The number of amides is 2. The molecule has 0 unspecified atom stereocenters. The molecular formula is C34H48FN9O3. The van der Waals surface area contributed by atoms with Crippen molar-refractivity contribution in [1.82, 2.24) is 34.7 Å². The second kappa shape index (κ2) is 15.7. The van der Waals surface area contributed by atoms with E-state index in [1.165, 1.54) is 6.07 Å². The highest BCUT2D eigenvalue weighted by molar-refractivity contribution is 5.93. The van der Waals surface area contributed by atoms with Gasteiger partial charge in [0.25, 0.3) is 0 Å². The van der Waals surface area contributed by atoms with E-state index in [2.05, 4.69) is 51.8 Å². The van der Waals surface area contributed by atoms with Crippen LogP contribution in [0, 0.1) is 11.7 Å². The Morgan fingerprint density at radius 3 is 2.55 bits per heavy atom. The lowest BCUT2D eigenvalue weighted by molar-refractivity contribution is -0.121. The van der Waals surface area contributed by atoms with Crippen LogP contribution in [-0.4, -0.2) is 94.1 Å². The van der Waals surface area contributed by atoms with E-state index in [9.17, 15) is 14.0 Å². The summed E-state index contributed by atoms with van der Waals surface area (Å²) in [5.74, 6) is -0.407. The number of piperidine rings is 1. The number of aromatic nitrogens is 4. The van der Waals surface area contributed by atoms with Crippen molar-refractivity contribution in [2.24, 2.45) is 5.92 Å². The van der Waals surface area contributed by atoms with Gasteiger partial charge in [-0.25, -0.2) is 4.39 Å². The van der Waals surface area contributed by atoms with Crippen molar-refractivity contribution >= 4 is 29.1 Å². The first kappa shape index (κ1) is 34.2. The molecule has 3 heterocycles. The maximum Gasteiger partial charge on any atom is 0.322 e. The van der Waals surface area contributed by atoms with Crippen molar-refractivity contribution in [3.8, 4) is 6.01 Å². The molecule has 2 amide bonds. The van der Waals surface area contributed by atoms with E-state index >= 15 is 0 Å². The average Bonchev–Trinajstić information content (AvgIpc) is 3.47. The van der Waals surface area contributed by atoms with Crippen LogP contribution in [0.2, 0.25) is 0 Å². The van der Waals surface area contributed by atoms with Gasteiger partial charge in [-0.2, -0.15) is 19.6 Å². The molecule has 13 heteroatoms. The molecule has 1 aromatic carbocycles. The van der Waals surface area contributed by atoms with Crippen LogP contribution in [-0.2, 0) is 16.1 Å². The SMILES string of the molecule is CC(C)c1cnn2c(NCc3ccc(F)c(NC(=O)C4CCC(NC(=O)/C=C/CN(C)C)CC4)c3)nc(OC3CCN(C)CC3)nc12. The molecule has 5 rings (SSSR count). The number of halogens is 1. The third-order valence-electron chi connectivity index (χ3n) is 8.86. The van der Waals surface area contributed by atoms with Crippen molar-refractivity contribution in [2.45, 2.75) is 77.0 Å². The Hall–Kier alpha value is -4.10. The van der Waals surface area contributed by atoms with Gasteiger partial charge in [0, 0.05) is 49.8 Å². The molecule has 1 saturated carbocycles. The van der Waals surface area contributed by atoms with E-state index in [-0.39, 0.29) is 41.5 Å². The summed E-state index contributed by atoms with van der Waals surface area (Å²) in [6.45, 7) is 7.10. The lowest BCUT2D eigenvalue weighted by atomic mass is 9.85. The zero-order valence-electron chi connectivity index (χ0n) is 28.1. The third-order valence-corrected chi connectivity index (χ3v) is 8.86. The number of ether oxygens (including phenoxy) is 1. The summed E-state index contributed by atoms with van der Waals surface area (Å²) in [4.78, 5) is 39.0. The van der Waals surface area contributed by atoms with Gasteiger partial charge in [0.1, 0.15) is 11.9 Å². The minimum Gasteiger partial charge on any atom is -0.460 e. The fourth-order valence-corrected chi connectivity index (χ4v) is 6.02. The van der Waals surface area contributed by atoms with Crippen molar-refractivity contribution in [3.63, 3.8) is 0 Å². The topological polar surface area (TPSA) is 129 Å². The number of anilines is 2. The van der Waals surface area contributed by atoms with Crippen molar-refractivity contribution < 1.29 is 18.7 Å². The zero-order chi connectivity index (χ0) is 33.5. The highest BCUT2D eigenvalue weighted by Crippen LogP contribution is 2.28. The second-order valence-corrected chi connectivity index (χ2v) is 13.3. The molecule has 0 bridgehead atoms. The first-order valence-electron chi connectivity index (χ1n) is 16.6. The average molecular weight is 650 g/mol. The van der Waals surface area contributed by atoms with Crippen LogP contribution in [0.4, 0.5) is 16.0 Å². The van der Waals surface area contributed by atoms with Gasteiger partial charge in [-0.15, -0.1) is 0 Å². The number of nitrogens with zero attached hydrogens (tertiary/aromatic N) is 6. The molecule has 254 valence electrons. The first-order chi connectivity index (χ1) is 22.5. The molecule has 0 radical (unpaired) electrons. The molecule has 3 N–H and O–H groups in total. The maximum atomic E-state index is 14.9. The van der Waals surface area contributed by atoms with Crippen molar-refractivity contribution in [3.05, 3.63) is 53.5 Å². The summed E-state index contributed by atoms with van der Waals surface area (Å²) < 4.78 is 22.8. The predicted octanol–water partition coefficient (Wildman–Crippen LogP) is 4.20. The Labute approximate surface area is 276 Å². The first-order valence-corrected chi connectivity index (χ1v) is 16.6. The molecule has 47 heavy (non-hydrogen) atoms. The summed E-state index contributed by atoms with van der Waals surface area (Å²) in [5, 5.41) is 13.7. The van der Waals surface area contributed by atoms with E-state index in [0.717, 1.165) is 37.1 Å². The highest BCUT2D eigenvalue weighted by Gasteiger charge is 2.28. The van der Waals surface area contributed by atoms with Crippen molar-refractivity contribution in [2.75, 3.05) is 51.4 Å². The summed E-state index contributed by atoms with van der Waals surface area (Å²) in [6, 6.07) is 5.01. The second-order valence-electron chi connectivity index (χ2n) is 13.3. The van der Waals surface area contributed by atoms with Gasteiger partial charge in [-0.3, -0.25) is 9.59 Å². The van der Waals surface area contributed by atoms with E-state index in [4.69, 9.17) is 9.72 Å². The Morgan fingerprint density at radius 2 is 1.85 bits per heavy atom. The Bertz CT molecular complexity index is 1560. The number of rotatable bonds is 12.